The number of carbonyl (C=O) groups excluding carboxylic acids is 2. The molecule has 0 aromatic heterocycles. The van der Waals surface area contributed by atoms with Gasteiger partial charge in [0.15, 0.2) is 0 Å². The van der Waals surface area contributed by atoms with Crippen LogP contribution >= 0.6 is 0 Å². The fourth-order valence-electron chi connectivity index (χ4n) is 5.31. The minimum atomic E-state index is 0.130. The second-order valence-corrected chi connectivity index (χ2v) is 10.4. The van der Waals surface area contributed by atoms with E-state index in [2.05, 4.69) is 22.4 Å². The number of amides is 2. The summed E-state index contributed by atoms with van der Waals surface area (Å²) in [6, 6.07) is 16.4. The van der Waals surface area contributed by atoms with Crippen molar-refractivity contribution in [3.8, 4) is 11.5 Å². The topological polar surface area (TPSA) is 71.1 Å². The number of hydrogen-bond acceptors (Lipinski definition) is 5. The van der Waals surface area contributed by atoms with Crippen molar-refractivity contribution in [1.29, 1.82) is 0 Å². The number of hydrogen-bond donors (Lipinski definition) is 1. The van der Waals surface area contributed by atoms with E-state index in [-0.39, 0.29) is 23.7 Å². The molecule has 2 heterocycles. The molecule has 7 heteroatoms. The maximum Gasteiger partial charge on any atom is 0.236 e. The van der Waals surface area contributed by atoms with Gasteiger partial charge >= 0.3 is 0 Å². The van der Waals surface area contributed by atoms with Gasteiger partial charge in [0.2, 0.25) is 11.8 Å². The summed E-state index contributed by atoms with van der Waals surface area (Å²) in [5.74, 6) is 2.28. The Morgan fingerprint density at radius 3 is 2.68 bits per heavy atom. The third-order valence-corrected chi connectivity index (χ3v) is 7.56. The van der Waals surface area contributed by atoms with E-state index in [1.807, 2.05) is 53.4 Å². The number of fused-ring (bicyclic) bond motifs is 3. The predicted octanol–water partition coefficient (Wildman–Crippen LogP) is 3.78. The van der Waals surface area contributed by atoms with Gasteiger partial charge in [-0.15, -0.1) is 0 Å². The SMILES string of the molecule is COc1ccc(CN2CC(=O)N3CC[C@@H](CC(=O)NC4CC4)[C@@H](/C=C\COc4ccccc4C2)C3)cc1. The average Bonchev–Trinajstić information content (AvgIpc) is 3.72. The molecular formula is C30H37N3O4. The molecule has 2 fully saturated rings. The Kier molecular flexibility index (Phi) is 8.09. The smallest absolute Gasteiger partial charge is 0.236 e. The van der Waals surface area contributed by atoms with Gasteiger partial charge < -0.3 is 19.7 Å². The summed E-state index contributed by atoms with van der Waals surface area (Å²) in [6.45, 7) is 3.36. The van der Waals surface area contributed by atoms with Gasteiger partial charge in [-0.2, -0.15) is 0 Å². The van der Waals surface area contributed by atoms with E-state index in [4.69, 9.17) is 9.47 Å². The van der Waals surface area contributed by atoms with E-state index >= 15 is 0 Å². The summed E-state index contributed by atoms with van der Waals surface area (Å²) < 4.78 is 11.5. The van der Waals surface area contributed by atoms with E-state index < -0.39 is 0 Å². The van der Waals surface area contributed by atoms with Crippen LogP contribution in [-0.2, 0) is 22.7 Å². The highest BCUT2D eigenvalue weighted by Crippen LogP contribution is 2.30. The fraction of sp³-hybridized carbons (Fsp3) is 0.467. The molecule has 0 spiro atoms. The molecule has 1 aliphatic carbocycles. The molecule has 1 N–H and O–H groups in total. The van der Waals surface area contributed by atoms with Crippen molar-refractivity contribution in [1.82, 2.24) is 15.1 Å². The van der Waals surface area contributed by atoms with Gasteiger partial charge in [0.25, 0.3) is 0 Å². The number of rotatable bonds is 6. The zero-order valence-corrected chi connectivity index (χ0v) is 21.6. The first-order chi connectivity index (χ1) is 18.1. The highest BCUT2D eigenvalue weighted by Gasteiger charge is 2.33. The Hall–Kier alpha value is -3.32. The first kappa shape index (κ1) is 25.3. The van der Waals surface area contributed by atoms with Crippen molar-refractivity contribution in [2.75, 3.05) is 33.4 Å². The van der Waals surface area contributed by atoms with Gasteiger partial charge in [0.05, 0.1) is 13.7 Å². The molecule has 2 amide bonds. The summed E-state index contributed by atoms with van der Waals surface area (Å²) in [4.78, 5) is 30.3. The third kappa shape index (κ3) is 6.92. The molecule has 3 aliphatic rings. The number of nitrogens with one attached hydrogen (secondary N) is 1. The number of benzene rings is 2. The highest BCUT2D eigenvalue weighted by molar-refractivity contribution is 5.79. The van der Waals surface area contributed by atoms with Gasteiger partial charge in [-0.3, -0.25) is 14.5 Å². The molecule has 2 atom stereocenters. The third-order valence-electron chi connectivity index (χ3n) is 7.56. The largest absolute Gasteiger partial charge is 0.497 e. The Morgan fingerprint density at radius 2 is 1.89 bits per heavy atom. The summed E-state index contributed by atoms with van der Waals surface area (Å²) in [7, 11) is 1.66. The monoisotopic (exact) mass is 503 g/mol. The van der Waals surface area contributed by atoms with Crippen molar-refractivity contribution in [3.05, 3.63) is 71.8 Å². The number of ether oxygens (including phenoxy) is 2. The summed E-state index contributed by atoms with van der Waals surface area (Å²) in [6.07, 6.45) is 7.74. The van der Waals surface area contributed by atoms with Gasteiger partial charge in [-0.25, -0.2) is 0 Å². The molecule has 2 aromatic carbocycles. The lowest BCUT2D eigenvalue weighted by Crippen LogP contribution is -2.47. The number of piperidine rings is 1. The molecule has 2 aromatic rings. The molecule has 196 valence electrons. The van der Waals surface area contributed by atoms with Crippen LogP contribution in [0.1, 0.15) is 36.8 Å². The zero-order valence-electron chi connectivity index (χ0n) is 21.6. The molecule has 2 bridgehead atoms. The Labute approximate surface area is 219 Å². The first-order valence-electron chi connectivity index (χ1n) is 13.4. The van der Waals surface area contributed by atoms with Gasteiger partial charge in [-0.1, -0.05) is 42.5 Å². The maximum absolute atomic E-state index is 13.6. The van der Waals surface area contributed by atoms with Gasteiger partial charge in [0.1, 0.15) is 18.1 Å². The second-order valence-electron chi connectivity index (χ2n) is 10.4. The maximum atomic E-state index is 13.6. The lowest BCUT2D eigenvalue weighted by atomic mass is 9.82. The average molecular weight is 504 g/mol. The predicted molar refractivity (Wildman–Crippen MR) is 142 cm³/mol. The van der Waals surface area contributed by atoms with Crippen molar-refractivity contribution in [2.45, 2.75) is 44.8 Å². The normalized spacial score (nSPS) is 23.5. The summed E-state index contributed by atoms with van der Waals surface area (Å²) in [5.41, 5.74) is 2.18. The van der Waals surface area contributed by atoms with Crippen LogP contribution < -0.4 is 14.8 Å². The van der Waals surface area contributed by atoms with Crippen molar-refractivity contribution >= 4 is 11.8 Å². The standard InChI is InChI=1S/C30H37N3O4/c1-36-27-12-8-22(9-13-27)18-32-19-25-5-2-3-7-28(25)37-16-4-6-24-20-33(30(35)21-32)15-14-23(24)17-29(34)31-26-10-11-26/h2-9,12-13,23-24,26H,10-11,14-21H2,1H3,(H,31,34)/b6-4-/t23-,24-/m0/s1. The zero-order chi connectivity index (χ0) is 25.6. The Bertz CT molecular complexity index is 1110. The quantitative estimate of drug-likeness (QED) is 0.608. The molecule has 37 heavy (non-hydrogen) atoms. The van der Waals surface area contributed by atoms with Crippen LogP contribution in [0.15, 0.2) is 60.7 Å². The summed E-state index contributed by atoms with van der Waals surface area (Å²) in [5, 5.41) is 3.12. The molecular weight excluding hydrogens is 466 g/mol. The fourth-order valence-corrected chi connectivity index (χ4v) is 5.31. The van der Waals surface area contributed by atoms with E-state index in [9.17, 15) is 9.59 Å². The minimum Gasteiger partial charge on any atom is -0.497 e. The van der Waals surface area contributed by atoms with Crippen molar-refractivity contribution in [3.63, 3.8) is 0 Å². The Morgan fingerprint density at radius 1 is 1.08 bits per heavy atom. The molecule has 0 unspecified atom stereocenters. The molecule has 1 saturated heterocycles. The van der Waals surface area contributed by atoms with Gasteiger partial charge in [0, 0.05) is 44.2 Å². The van der Waals surface area contributed by atoms with Crippen LogP contribution in [0.3, 0.4) is 0 Å². The van der Waals surface area contributed by atoms with Crippen LogP contribution in [0.4, 0.5) is 0 Å². The number of methoxy groups -OCH3 is 1. The number of nitrogens with zero attached hydrogens (tertiary/aromatic N) is 2. The van der Waals surface area contributed by atoms with Crippen molar-refractivity contribution in [2.24, 2.45) is 11.8 Å². The molecule has 7 nitrogen and oxygen atoms in total. The van der Waals surface area contributed by atoms with E-state index in [1.54, 1.807) is 7.11 Å². The lowest BCUT2D eigenvalue weighted by molar-refractivity contribution is -0.135. The molecule has 0 radical (unpaired) electrons. The molecule has 5 rings (SSSR count). The lowest BCUT2D eigenvalue weighted by Gasteiger charge is -2.38. The minimum absolute atomic E-state index is 0.130. The summed E-state index contributed by atoms with van der Waals surface area (Å²) >= 11 is 0. The molecule has 2 aliphatic heterocycles. The second kappa shape index (κ2) is 11.8. The molecule has 1 saturated carbocycles. The van der Waals surface area contributed by atoms with E-state index in [0.29, 0.717) is 51.8 Å². The van der Waals surface area contributed by atoms with Crippen LogP contribution in [0.2, 0.25) is 0 Å². The first-order valence-corrected chi connectivity index (χ1v) is 13.4. The highest BCUT2D eigenvalue weighted by atomic mass is 16.5. The van der Waals surface area contributed by atoms with E-state index in [1.165, 1.54) is 0 Å². The van der Waals surface area contributed by atoms with Gasteiger partial charge in [-0.05, 0) is 54.9 Å². The van der Waals surface area contributed by atoms with Crippen molar-refractivity contribution < 1.29 is 19.1 Å². The van der Waals surface area contributed by atoms with Crippen LogP contribution in [0.5, 0.6) is 11.5 Å². The number of carbonyl (C=O) groups is 2. The van der Waals surface area contributed by atoms with Crippen LogP contribution in [0.25, 0.3) is 0 Å². The number of para-hydroxylation sites is 1. The Balaban J connectivity index is 1.35. The van der Waals surface area contributed by atoms with Crippen LogP contribution in [0, 0.1) is 11.8 Å². The van der Waals surface area contributed by atoms with E-state index in [0.717, 1.165) is 41.9 Å². The van der Waals surface area contributed by atoms with Crippen LogP contribution in [-0.4, -0.2) is 61.0 Å².